The zero-order valence-corrected chi connectivity index (χ0v) is 10.4. The van der Waals surface area contributed by atoms with E-state index in [9.17, 15) is 19.7 Å². The molecule has 0 saturated carbocycles. The van der Waals surface area contributed by atoms with E-state index in [4.69, 9.17) is 5.11 Å². The van der Waals surface area contributed by atoms with Gasteiger partial charge in [-0.15, -0.1) is 11.8 Å². The summed E-state index contributed by atoms with van der Waals surface area (Å²) in [6, 6.07) is -0.844. The first-order valence-electron chi connectivity index (χ1n) is 5.26. The smallest absolute Gasteiger partial charge is 0.327 e. The highest BCUT2D eigenvalue weighted by molar-refractivity contribution is 7.99. The molecule has 1 amide bonds. The number of carbonyl (C=O) groups is 2. The minimum atomic E-state index is -1.05. The molecule has 1 atom stereocenters. The Morgan fingerprint density at radius 1 is 1.63 bits per heavy atom. The summed E-state index contributed by atoms with van der Waals surface area (Å²) in [6.07, 6.45) is 2.18. The maximum Gasteiger partial charge on any atom is 0.327 e. The lowest BCUT2D eigenvalue weighted by atomic mass is 10.3. The van der Waals surface area contributed by atoms with Gasteiger partial charge in [0.2, 0.25) is 5.91 Å². The van der Waals surface area contributed by atoms with Crippen molar-refractivity contribution in [3.05, 3.63) is 22.5 Å². The third-order valence-corrected chi connectivity index (χ3v) is 3.63. The van der Waals surface area contributed by atoms with Crippen LogP contribution in [0.25, 0.3) is 0 Å². The number of carbonyl (C=O) groups excluding carboxylic acids is 1. The molecule has 2 heterocycles. The number of aliphatic carboxylic acids is 1. The van der Waals surface area contributed by atoms with Crippen LogP contribution in [-0.4, -0.2) is 54.3 Å². The molecular formula is C9H10N4O5S. The van der Waals surface area contributed by atoms with Crippen molar-refractivity contribution in [3.63, 3.8) is 0 Å². The SMILES string of the molecule is O=C(O)C1CSCN1C(=O)Cn1cc([N+](=O)[O-])cn1. The molecule has 0 radical (unpaired) electrons. The van der Waals surface area contributed by atoms with Gasteiger partial charge in [0.15, 0.2) is 0 Å². The summed E-state index contributed by atoms with van der Waals surface area (Å²) in [6.45, 7) is -0.210. The quantitative estimate of drug-likeness (QED) is 0.600. The molecule has 0 aliphatic carbocycles. The molecule has 1 aliphatic rings. The average Bonchev–Trinajstić information content (AvgIpc) is 2.96. The Morgan fingerprint density at radius 3 is 2.95 bits per heavy atom. The Morgan fingerprint density at radius 2 is 2.37 bits per heavy atom. The number of carboxylic acids is 1. The fraction of sp³-hybridized carbons (Fsp3) is 0.444. The number of hydrogen-bond acceptors (Lipinski definition) is 6. The highest BCUT2D eigenvalue weighted by Crippen LogP contribution is 2.21. The third kappa shape index (κ3) is 2.84. The highest BCUT2D eigenvalue weighted by atomic mass is 32.2. The second-order valence-corrected chi connectivity index (χ2v) is 4.87. The van der Waals surface area contributed by atoms with Crippen LogP contribution >= 0.6 is 11.8 Å². The van der Waals surface area contributed by atoms with Crippen LogP contribution in [0.1, 0.15) is 0 Å². The van der Waals surface area contributed by atoms with Crippen molar-refractivity contribution in [2.75, 3.05) is 11.6 Å². The lowest BCUT2D eigenvalue weighted by molar-refractivity contribution is -0.385. The summed E-state index contributed by atoms with van der Waals surface area (Å²) in [4.78, 5) is 34.0. The summed E-state index contributed by atoms with van der Waals surface area (Å²) in [5.41, 5.74) is -0.210. The van der Waals surface area contributed by atoms with Gasteiger partial charge in [-0.3, -0.25) is 19.6 Å². The summed E-state index contributed by atoms with van der Waals surface area (Å²) >= 11 is 1.35. The zero-order valence-electron chi connectivity index (χ0n) is 9.63. The third-order valence-electron chi connectivity index (χ3n) is 2.62. The molecule has 1 N–H and O–H groups in total. The van der Waals surface area contributed by atoms with Crippen molar-refractivity contribution in [2.24, 2.45) is 0 Å². The molecule has 2 rings (SSSR count). The molecule has 1 aliphatic heterocycles. The van der Waals surface area contributed by atoms with Gasteiger partial charge in [-0.2, -0.15) is 5.10 Å². The minimum absolute atomic E-state index is 0.210. The van der Waals surface area contributed by atoms with E-state index in [1.807, 2.05) is 0 Å². The molecule has 0 bridgehead atoms. The fourth-order valence-corrected chi connectivity index (χ4v) is 2.83. The van der Waals surface area contributed by atoms with Crippen LogP contribution in [0, 0.1) is 10.1 Å². The molecule has 0 aromatic carbocycles. The topological polar surface area (TPSA) is 119 Å². The van der Waals surface area contributed by atoms with Gasteiger partial charge in [0.25, 0.3) is 0 Å². The van der Waals surface area contributed by atoms with Crippen LogP contribution in [0.4, 0.5) is 5.69 Å². The van der Waals surface area contributed by atoms with Crippen molar-refractivity contribution in [2.45, 2.75) is 12.6 Å². The number of amides is 1. The van der Waals surface area contributed by atoms with E-state index < -0.39 is 22.8 Å². The number of carboxylic acid groups (broad SMARTS) is 1. The monoisotopic (exact) mass is 286 g/mol. The standard InChI is InChI=1S/C9H10N4O5S/c14-8(12-5-19-4-7(12)9(15)16)3-11-2-6(1-10-11)13(17)18/h1-2,7H,3-5H2,(H,15,16). The van der Waals surface area contributed by atoms with Crippen LogP contribution in [0.5, 0.6) is 0 Å². The van der Waals surface area contributed by atoms with E-state index in [0.717, 1.165) is 17.1 Å². The van der Waals surface area contributed by atoms with E-state index in [-0.39, 0.29) is 12.2 Å². The lowest BCUT2D eigenvalue weighted by Crippen LogP contribution is -2.43. The Hall–Kier alpha value is -2.10. The number of nitro groups is 1. The highest BCUT2D eigenvalue weighted by Gasteiger charge is 2.34. The molecule has 1 aromatic heterocycles. The second-order valence-electron chi connectivity index (χ2n) is 3.87. The van der Waals surface area contributed by atoms with Crippen molar-refractivity contribution in [1.82, 2.24) is 14.7 Å². The number of nitrogens with zero attached hydrogens (tertiary/aromatic N) is 4. The molecule has 1 saturated heterocycles. The summed E-state index contributed by atoms with van der Waals surface area (Å²) in [7, 11) is 0. The molecule has 9 nitrogen and oxygen atoms in total. The van der Waals surface area contributed by atoms with Gasteiger partial charge >= 0.3 is 11.7 Å². The van der Waals surface area contributed by atoms with Gasteiger partial charge in [0.1, 0.15) is 25.0 Å². The molecular weight excluding hydrogens is 276 g/mol. The second kappa shape index (κ2) is 5.26. The Bertz CT molecular complexity index is 530. The Labute approximate surface area is 111 Å². The van der Waals surface area contributed by atoms with Crippen LogP contribution in [0.3, 0.4) is 0 Å². The predicted molar refractivity (Wildman–Crippen MR) is 64.5 cm³/mol. The van der Waals surface area contributed by atoms with Crippen molar-refractivity contribution >= 4 is 29.3 Å². The number of aromatic nitrogens is 2. The summed E-state index contributed by atoms with van der Waals surface area (Å²) in [5.74, 6) is -0.820. The van der Waals surface area contributed by atoms with E-state index in [1.165, 1.54) is 16.7 Å². The lowest BCUT2D eigenvalue weighted by Gasteiger charge is -2.20. The van der Waals surface area contributed by atoms with Crippen molar-refractivity contribution in [1.29, 1.82) is 0 Å². The zero-order chi connectivity index (χ0) is 14.0. The predicted octanol–water partition coefficient (Wildman–Crippen LogP) is -0.223. The van der Waals surface area contributed by atoms with Gasteiger partial charge < -0.3 is 10.0 Å². The summed E-state index contributed by atoms with van der Waals surface area (Å²) < 4.78 is 1.13. The van der Waals surface area contributed by atoms with E-state index in [0.29, 0.717) is 11.6 Å². The minimum Gasteiger partial charge on any atom is -0.480 e. The van der Waals surface area contributed by atoms with E-state index in [2.05, 4.69) is 5.10 Å². The van der Waals surface area contributed by atoms with Gasteiger partial charge in [-0.25, -0.2) is 4.79 Å². The Kier molecular flexibility index (Phi) is 3.69. The van der Waals surface area contributed by atoms with Crippen LogP contribution in [0.15, 0.2) is 12.4 Å². The molecule has 1 fully saturated rings. The van der Waals surface area contributed by atoms with Crippen LogP contribution in [0.2, 0.25) is 0 Å². The largest absolute Gasteiger partial charge is 0.480 e. The first-order valence-corrected chi connectivity index (χ1v) is 6.41. The van der Waals surface area contributed by atoms with E-state index >= 15 is 0 Å². The van der Waals surface area contributed by atoms with E-state index in [1.54, 1.807) is 0 Å². The van der Waals surface area contributed by atoms with Gasteiger partial charge in [-0.05, 0) is 0 Å². The number of rotatable bonds is 4. The molecule has 10 heteroatoms. The van der Waals surface area contributed by atoms with Crippen LogP contribution in [-0.2, 0) is 16.1 Å². The summed E-state index contributed by atoms with van der Waals surface area (Å²) in [5, 5.41) is 23.1. The van der Waals surface area contributed by atoms with Crippen LogP contribution < -0.4 is 0 Å². The molecule has 102 valence electrons. The van der Waals surface area contributed by atoms with Gasteiger partial charge in [0.05, 0.1) is 10.8 Å². The van der Waals surface area contributed by atoms with Gasteiger partial charge in [0, 0.05) is 5.75 Å². The molecule has 1 unspecified atom stereocenters. The normalized spacial score (nSPS) is 18.5. The molecule has 0 spiro atoms. The van der Waals surface area contributed by atoms with Crippen molar-refractivity contribution in [3.8, 4) is 0 Å². The first kappa shape index (κ1) is 13.3. The molecule has 19 heavy (non-hydrogen) atoms. The Balaban J connectivity index is 2.04. The van der Waals surface area contributed by atoms with Crippen molar-refractivity contribution < 1.29 is 19.6 Å². The maximum atomic E-state index is 11.9. The maximum absolute atomic E-state index is 11.9. The number of thioether (sulfide) groups is 1. The fourth-order valence-electron chi connectivity index (χ4n) is 1.66. The number of hydrogen-bond donors (Lipinski definition) is 1. The molecule has 1 aromatic rings. The van der Waals surface area contributed by atoms with Gasteiger partial charge in [-0.1, -0.05) is 0 Å². The average molecular weight is 286 g/mol. The first-order chi connectivity index (χ1) is 8.99.